The van der Waals surface area contributed by atoms with Crippen molar-refractivity contribution in [3.05, 3.63) is 11.8 Å². The van der Waals surface area contributed by atoms with Gasteiger partial charge in [0.1, 0.15) is 5.60 Å². The van der Waals surface area contributed by atoms with Crippen molar-refractivity contribution in [1.29, 1.82) is 0 Å². The first-order chi connectivity index (χ1) is 7.83. The first-order valence-corrected chi connectivity index (χ1v) is 5.68. The third-order valence-electron chi connectivity index (χ3n) is 2.43. The Morgan fingerprint density at radius 2 is 1.94 bits per heavy atom. The highest BCUT2D eigenvalue weighted by atomic mass is 16.6. The summed E-state index contributed by atoms with van der Waals surface area (Å²) in [4.78, 5) is 24.8. The van der Waals surface area contributed by atoms with Crippen molar-refractivity contribution in [2.75, 3.05) is 13.1 Å². The lowest BCUT2D eigenvalue weighted by Crippen LogP contribution is -2.37. The summed E-state index contributed by atoms with van der Waals surface area (Å²) < 4.78 is 5.23. The molecule has 5 nitrogen and oxygen atoms in total. The van der Waals surface area contributed by atoms with Gasteiger partial charge in [-0.3, -0.25) is 4.79 Å². The van der Waals surface area contributed by atoms with Gasteiger partial charge in [0, 0.05) is 25.1 Å². The van der Waals surface area contributed by atoms with E-state index in [0.29, 0.717) is 25.1 Å². The maximum absolute atomic E-state index is 11.8. The number of aliphatic hydroxyl groups excluding tert-OH is 1. The van der Waals surface area contributed by atoms with E-state index in [9.17, 15) is 9.59 Å². The molecule has 96 valence electrons. The second kappa shape index (κ2) is 5.21. The standard InChI is InChI=1S/C12H19NO4/c1-12(2,3)17-11(16)13-6-4-9(8-14)10(15)5-7-13/h8,14H,4-7H2,1-3H3/b9-8+. The number of nitrogens with zero attached hydrogens (tertiary/aromatic N) is 1. The summed E-state index contributed by atoms with van der Waals surface area (Å²) in [6.07, 6.45) is 1.02. The maximum Gasteiger partial charge on any atom is 0.410 e. The molecule has 0 spiro atoms. The average Bonchev–Trinajstić information content (AvgIpc) is 2.37. The van der Waals surface area contributed by atoms with Crippen LogP contribution in [0.3, 0.4) is 0 Å². The monoisotopic (exact) mass is 241 g/mol. The van der Waals surface area contributed by atoms with E-state index in [4.69, 9.17) is 9.84 Å². The minimum absolute atomic E-state index is 0.112. The zero-order chi connectivity index (χ0) is 13.1. The van der Waals surface area contributed by atoms with E-state index in [1.165, 1.54) is 4.90 Å². The van der Waals surface area contributed by atoms with E-state index >= 15 is 0 Å². The first kappa shape index (κ1) is 13.5. The Hall–Kier alpha value is -1.52. The highest BCUT2D eigenvalue weighted by Gasteiger charge is 2.26. The number of ketones is 1. The molecular weight excluding hydrogens is 222 g/mol. The predicted molar refractivity (Wildman–Crippen MR) is 62.8 cm³/mol. The predicted octanol–water partition coefficient (Wildman–Crippen LogP) is 2.03. The minimum Gasteiger partial charge on any atom is -0.515 e. The number of ether oxygens (including phenoxy) is 1. The third kappa shape index (κ3) is 4.09. The third-order valence-corrected chi connectivity index (χ3v) is 2.43. The van der Waals surface area contributed by atoms with Crippen molar-refractivity contribution in [3.8, 4) is 0 Å². The van der Waals surface area contributed by atoms with E-state index < -0.39 is 11.7 Å². The van der Waals surface area contributed by atoms with Crippen LogP contribution in [0.2, 0.25) is 0 Å². The van der Waals surface area contributed by atoms with Crippen molar-refractivity contribution in [1.82, 2.24) is 4.90 Å². The van der Waals surface area contributed by atoms with Crippen molar-refractivity contribution in [3.63, 3.8) is 0 Å². The van der Waals surface area contributed by atoms with Crippen LogP contribution in [0.5, 0.6) is 0 Å². The molecule has 0 bridgehead atoms. The summed E-state index contributed by atoms with van der Waals surface area (Å²) in [6, 6.07) is 0. The molecule has 0 aromatic rings. The smallest absolute Gasteiger partial charge is 0.410 e. The van der Waals surface area contributed by atoms with E-state index in [1.807, 2.05) is 0 Å². The number of carbonyl (C=O) groups is 2. The van der Waals surface area contributed by atoms with Crippen LogP contribution in [-0.2, 0) is 9.53 Å². The van der Waals surface area contributed by atoms with Gasteiger partial charge in [-0.1, -0.05) is 0 Å². The minimum atomic E-state index is -0.539. The molecule has 0 radical (unpaired) electrons. The Morgan fingerprint density at radius 3 is 2.47 bits per heavy atom. The number of amides is 1. The Kier molecular flexibility index (Phi) is 4.15. The van der Waals surface area contributed by atoms with Gasteiger partial charge in [0.05, 0.1) is 6.26 Å². The van der Waals surface area contributed by atoms with Crippen molar-refractivity contribution >= 4 is 11.9 Å². The number of aliphatic hydroxyl groups is 1. The zero-order valence-electron chi connectivity index (χ0n) is 10.5. The highest BCUT2D eigenvalue weighted by Crippen LogP contribution is 2.16. The molecule has 1 saturated heterocycles. The quantitative estimate of drug-likeness (QED) is 0.520. The SMILES string of the molecule is CC(C)(C)OC(=O)N1CCC(=O)/C(=C/O)CC1. The molecule has 5 heteroatoms. The summed E-state index contributed by atoms with van der Waals surface area (Å²) in [5.41, 5.74) is -0.167. The fourth-order valence-corrected chi connectivity index (χ4v) is 1.55. The topological polar surface area (TPSA) is 66.8 Å². The normalized spacial score (nSPS) is 20.3. The van der Waals surface area contributed by atoms with Gasteiger partial charge in [-0.2, -0.15) is 0 Å². The lowest BCUT2D eigenvalue weighted by molar-refractivity contribution is -0.115. The summed E-state index contributed by atoms with van der Waals surface area (Å²) in [5, 5.41) is 8.88. The van der Waals surface area contributed by atoms with Crippen molar-refractivity contribution in [2.24, 2.45) is 0 Å². The Balaban J connectivity index is 2.63. The van der Waals surface area contributed by atoms with Gasteiger partial charge >= 0.3 is 6.09 Å². The van der Waals surface area contributed by atoms with Gasteiger partial charge in [-0.25, -0.2) is 4.79 Å². The van der Waals surface area contributed by atoms with Gasteiger partial charge in [0.15, 0.2) is 5.78 Å². The first-order valence-electron chi connectivity index (χ1n) is 5.68. The number of carbonyl (C=O) groups excluding carboxylic acids is 2. The Labute approximate surface area is 101 Å². The van der Waals surface area contributed by atoms with Crippen LogP contribution in [0.25, 0.3) is 0 Å². The second-order valence-electron chi connectivity index (χ2n) is 5.04. The van der Waals surface area contributed by atoms with E-state index in [0.717, 1.165) is 6.26 Å². The fraction of sp³-hybridized carbons (Fsp3) is 0.667. The van der Waals surface area contributed by atoms with E-state index in [-0.39, 0.29) is 12.2 Å². The van der Waals surface area contributed by atoms with Crippen LogP contribution in [0.15, 0.2) is 11.8 Å². The summed E-state index contributed by atoms with van der Waals surface area (Å²) in [7, 11) is 0. The van der Waals surface area contributed by atoms with Crippen LogP contribution in [-0.4, -0.2) is 40.6 Å². The maximum atomic E-state index is 11.8. The Bertz CT molecular complexity index is 341. The van der Waals surface area contributed by atoms with Crippen molar-refractivity contribution < 1.29 is 19.4 Å². The lowest BCUT2D eigenvalue weighted by atomic mass is 10.1. The van der Waals surface area contributed by atoms with Gasteiger partial charge in [0.25, 0.3) is 0 Å². The Morgan fingerprint density at radius 1 is 1.35 bits per heavy atom. The molecule has 1 aliphatic rings. The highest BCUT2D eigenvalue weighted by molar-refractivity contribution is 5.95. The van der Waals surface area contributed by atoms with Crippen molar-refractivity contribution in [2.45, 2.75) is 39.2 Å². The fourth-order valence-electron chi connectivity index (χ4n) is 1.55. The molecule has 0 aromatic heterocycles. The molecule has 0 saturated carbocycles. The van der Waals surface area contributed by atoms with Crippen LogP contribution in [0.1, 0.15) is 33.6 Å². The largest absolute Gasteiger partial charge is 0.515 e. The zero-order valence-corrected chi connectivity index (χ0v) is 10.5. The number of hydrogen-bond donors (Lipinski definition) is 1. The molecule has 1 heterocycles. The molecule has 0 aromatic carbocycles. The van der Waals surface area contributed by atoms with Gasteiger partial charge in [-0.15, -0.1) is 0 Å². The molecule has 1 fully saturated rings. The number of Topliss-reactive ketones (excluding diaryl/α,β-unsaturated/α-hetero) is 1. The van der Waals surface area contributed by atoms with Gasteiger partial charge in [-0.05, 0) is 27.2 Å². The molecular formula is C12H19NO4. The molecule has 0 atom stereocenters. The molecule has 1 N–H and O–H groups in total. The number of likely N-dealkylation sites (tertiary alicyclic amines) is 1. The molecule has 17 heavy (non-hydrogen) atoms. The average molecular weight is 241 g/mol. The van der Waals surface area contributed by atoms with Crippen LogP contribution >= 0.6 is 0 Å². The van der Waals surface area contributed by atoms with E-state index in [2.05, 4.69) is 0 Å². The molecule has 1 rings (SSSR count). The molecule has 1 amide bonds. The second-order valence-corrected chi connectivity index (χ2v) is 5.04. The van der Waals surface area contributed by atoms with Gasteiger partial charge in [0.2, 0.25) is 0 Å². The summed E-state index contributed by atoms with van der Waals surface area (Å²) in [6.45, 7) is 6.13. The molecule has 1 aliphatic heterocycles. The van der Waals surface area contributed by atoms with Crippen LogP contribution in [0.4, 0.5) is 4.79 Å². The molecule has 0 unspecified atom stereocenters. The summed E-state index contributed by atoms with van der Waals surface area (Å²) in [5.74, 6) is -0.112. The number of rotatable bonds is 0. The van der Waals surface area contributed by atoms with E-state index in [1.54, 1.807) is 20.8 Å². The number of hydrogen-bond acceptors (Lipinski definition) is 4. The van der Waals surface area contributed by atoms with Crippen LogP contribution in [0, 0.1) is 0 Å². The van der Waals surface area contributed by atoms with Crippen LogP contribution < -0.4 is 0 Å². The van der Waals surface area contributed by atoms with Gasteiger partial charge < -0.3 is 14.7 Å². The summed E-state index contributed by atoms with van der Waals surface area (Å²) >= 11 is 0. The molecule has 0 aliphatic carbocycles. The lowest BCUT2D eigenvalue weighted by Gasteiger charge is -2.26.